The van der Waals surface area contributed by atoms with Gasteiger partial charge < -0.3 is 10.4 Å². The Morgan fingerprint density at radius 3 is 2.43 bits per heavy atom. The highest BCUT2D eigenvalue weighted by molar-refractivity contribution is 7.91. The van der Waals surface area contributed by atoms with Gasteiger partial charge in [0.1, 0.15) is 0 Å². The van der Waals surface area contributed by atoms with Crippen molar-refractivity contribution in [1.82, 2.24) is 5.32 Å². The number of hydrogen-bond donors (Lipinski definition) is 2. The molecule has 3 rings (SSSR count). The second-order valence-corrected chi connectivity index (χ2v) is 11.0. The van der Waals surface area contributed by atoms with E-state index in [0.717, 1.165) is 23.3 Å². The van der Waals surface area contributed by atoms with E-state index in [1.165, 1.54) is 18.2 Å². The summed E-state index contributed by atoms with van der Waals surface area (Å²) in [6.07, 6.45) is 0.543. The summed E-state index contributed by atoms with van der Waals surface area (Å²) in [7, 11) is -3.98. The first kappa shape index (κ1) is 28.6. The number of carbonyl (C=O) groups is 1. The van der Waals surface area contributed by atoms with Crippen molar-refractivity contribution in [3.8, 4) is 5.75 Å². The number of sulfone groups is 1. The van der Waals surface area contributed by atoms with Crippen molar-refractivity contribution in [3.05, 3.63) is 88.7 Å². The van der Waals surface area contributed by atoms with E-state index in [1.807, 2.05) is 6.92 Å². The quantitative estimate of drug-likeness (QED) is 0.236. The largest absolute Gasteiger partial charge is 0.387 e. The van der Waals surface area contributed by atoms with Gasteiger partial charge in [-0.2, -0.15) is 0 Å². The number of halogens is 2. The summed E-state index contributed by atoms with van der Waals surface area (Å²) in [6, 6.07) is 16.5. The third-order valence-corrected chi connectivity index (χ3v) is 7.56. The van der Waals surface area contributed by atoms with Crippen molar-refractivity contribution < 1.29 is 32.5 Å². The predicted octanol–water partition coefficient (Wildman–Crippen LogP) is 5.20. The van der Waals surface area contributed by atoms with Crippen molar-refractivity contribution in [2.75, 3.05) is 6.54 Å². The molecular formula is C27H29ClFNO6S. The Kier molecular flexibility index (Phi) is 10.0. The number of carbonyl (C=O) groups excluding carboxylic acids is 1. The zero-order valence-corrected chi connectivity index (χ0v) is 22.1. The summed E-state index contributed by atoms with van der Waals surface area (Å²) >= 11 is 5.98. The molecule has 3 aromatic rings. The van der Waals surface area contributed by atoms with E-state index >= 15 is 0 Å². The lowest BCUT2D eigenvalue weighted by Crippen LogP contribution is -2.32. The maximum atomic E-state index is 14.4. The van der Waals surface area contributed by atoms with Gasteiger partial charge in [0.15, 0.2) is 5.82 Å². The molecule has 0 radical (unpaired) electrons. The molecule has 0 saturated carbocycles. The fourth-order valence-electron chi connectivity index (χ4n) is 3.56. The predicted molar refractivity (Wildman–Crippen MR) is 138 cm³/mol. The molecule has 2 N–H and O–H groups in total. The van der Waals surface area contributed by atoms with Crippen LogP contribution in [-0.2, 0) is 25.9 Å². The molecule has 0 aliphatic rings. The highest BCUT2D eigenvalue weighted by Gasteiger charge is 2.21. The molecule has 0 fully saturated rings. The van der Waals surface area contributed by atoms with Gasteiger partial charge in [-0.05, 0) is 73.4 Å². The smallest absolute Gasteiger partial charge is 0.355 e. The molecule has 198 valence electrons. The molecule has 0 aliphatic heterocycles. The molecule has 0 saturated heterocycles. The van der Waals surface area contributed by atoms with Gasteiger partial charge >= 0.3 is 5.97 Å². The van der Waals surface area contributed by atoms with Crippen LogP contribution in [-0.4, -0.2) is 32.1 Å². The van der Waals surface area contributed by atoms with Crippen LogP contribution in [0.25, 0.3) is 0 Å². The number of nitrogens with one attached hydrogen (secondary N) is 1. The third-order valence-electron chi connectivity index (χ3n) is 5.56. The van der Waals surface area contributed by atoms with Crippen LogP contribution in [0.15, 0.2) is 76.5 Å². The van der Waals surface area contributed by atoms with E-state index < -0.39 is 27.7 Å². The highest BCUT2D eigenvalue weighted by Crippen LogP contribution is 2.26. The Balaban J connectivity index is 1.59. The lowest BCUT2D eigenvalue weighted by atomic mass is 10.1. The number of rotatable bonds is 12. The monoisotopic (exact) mass is 549 g/mol. The fraction of sp³-hybridized carbons (Fsp3) is 0.296. The first-order chi connectivity index (χ1) is 17.6. The second-order valence-electron chi connectivity index (χ2n) is 8.61. The van der Waals surface area contributed by atoms with Gasteiger partial charge in [-0.3, -0.25) is 9.78 Å². The van der Waals surface area contributed by atoms with E-state index in [4.69, 9.17) is 16.5 Å². The van der Waals surface area contributed by atoms with E-state index in [0.29, 0.717) is 24.4 Å². The van der Waals surface area contributed by atoms with Gasteiger partial charge in [-0.1, -0.05) is 42.8 Å². The first-order valence-corrected chi connectivity index (χ1v) is 13.6. The minimum absolute atomic E-state index is 0.00404. The van der Waals surface area contributed by atoms with Crippen molar-refractivity contribution in [2.24, 2.45) is 0 Å². The molecule has 0 aliphatic carbocycles. The molecule has 10 heteroatoms. The molecule has 2 atom stereocenters. The number of hydrogen-bond acceptors (Lipinski definition) is 7. The number of aliphatic hydroxyl groups is 1. The standard InChI is InChI=1S/C27H29ClFNO6S/c1-3-5-27(32)36-35-26-13-12-23(16-24(26)29)37(33,34)22-10-8-19(9-11-22)14-18(2)30-17-25(31)20-6-4-7-21(28)15-20/h4,6-13,15-16,18,25,30-31H,3,5,14,17H2,1-2H3/t18-,25+/m1/s1. The second kappa shape index (κ2) is 13.0. The Bertz CT molecular complexity index is 1320. The van der Waals surface area contributed by atoms with Crippen LogP contribution in [0, 0.1) is 5.82 Å². The normalized spacial score (nSPS) is 13.1. The van der Waals surface area contributed by atoms with Crippen LogP contribution in [0.2, 0.25) is 5.02 Å². The zero-order valence-electron chi connectivity index (χ0n) is 20.5. The average molecular weight is 550 g/mol. The van der Waals surface area contributed by atoms with E-state index in [-0.39, 0.29) is 28.0 Å². The summed E-state index contributed by atoms with van der Waals surface area (Å²) in [6.45, 7) is 4.07. The topological polar surface area (TPSA) is 102 Å². The molecule has 0 amide bonds. The van der Waals surface area contributed by atoms with Crippen molar-refractivity contribution in [1.29, 1.82) is 0 Å². The summed E-state index contributed by atoms with van der Waals surface area (Å²) in [5.41, 5.74) is 1.61. The molecule has 0 bridgehead atoms. The van der Waals surface area contributed by atoms with E-state index in [2.05, 4.69) is 10.2 Å². The minimum Gasteiger partial charge on any atom is -0.387 e. The van der Waals surface area contributed by atoms with Gasteiger partial charge in [0.25, 0.3) is 0 Å². The number of aliphatic hydroxyl groups excluding tert-OH is 1. The molecule has 7 nitrogen and oxygen atoms in total. The van der Waals surface area contributed by atoms with Gasteiger partial charge in [0, 0.05) is 24.0 Å². The van der Waals surface area contributed by atoms with Gasteiger partial charge in [-0.15, -0.1) is 0 Å². The summed E-state index contributed by atoms with van der Waals surface area (Å²) < 4.78 is 40.3. The molecule has 0 aromatic heterocycles. The summed E-state index contributed by atoms with van der Waals surface area (Å²) in [4.78, 5) is 20.3. The van der Waals surface area contributed by atoms with E-state index in [9.17, 15) is 22.7 Å². The highest BCUT2D eigenvalue weighted by atomic mass is 35.5. The molecule has 0 heterocycles. The lowest BCUT2D eigenvalue weighted by Gasteiger charge is -2.18. The zero-order chi connectivity index (χ0) is 27.0. The van der Waals surface area contributed by atoms with Crippen LogP contribution in [0.5, 0.6) is 5.75 Å². The summed E-state index contributed by atoms with van der Waals surface area (Å²) in [5, 5.41) is 14.2. The first-order valence-electron chi connectivity index (χ1n) is 11.8. The third kappa shape index (κ3) is 8.00. The van der Waals surface area contributed by atoms with Crippen LogP contribution in [0.3, 0.4) is 0 Å². The molecule has 37 heavy (non-hydrogen) atoms. The molecule has 3 aromatic carbocycles. The van der Waals surface area contributed by atoms with Crippen LogP contribution in [0.4, 0.5) is 4.39 Å². The van der Waals surface area contributed by atoms with Gasteiger partial charge in [-0.25, -0.2) is 17.6 Å². The number of benzene rings is 3. The Morgan fingerprint density at radius 1 is 1.08 bits per heavy atom. The molecule has 0 unspecified atom stereocenters. The van der Waals surface area contributed by atoms with Gasteiger partial charge in [0.2, 0.25) is 15.6 Å². The van der Waals surface area contributed by atoms with Crippen molar-refractivity contribution in [2.45, 2.75) is 55.0 Å². The Hall–Kier alpha value is -2.98. The summed E-state index contributed by atoms with van der Waals surface area (Å²) in [5.74, 6) is -2.01. The molecular weight excluding hydrogens is 521 g/mol. The van der Waals surface area contributed by atoms with Crippen molar-refractivity contribution in [3.63, 3.8) is 0 Å². The average Bonchev–Trinajstić information content (AvgIpc) is 2.87. The Labute approximate surface area is 221 Å². The van der Waals surface area contributed by atoms with E-state index in [1.54, 1.807) is 43.3 Å². The molecule has 0 spiro atoms. The lowest BCUT2D eigenvalue weighted by molar-refractivity contribution is -0.214. The fourth-order valence-corrected chi connectivity index (χ4v) is 5.04. The van der Waals surface area contributed by atoms with Crippen LogP contribution in [0.1, 0.15) is 43.9 Å². The van der Waals surface area contributed by atoms with Crippen molar-refractivity contribution >= 4 is 27.4 Å². The minimum atomic E-state index is -3.98. The van der Waals surface area contributed by atoms with Crippen LogP contribution < -0.4 is 10.2 Å². The maximum absolute atomic E-state index is 14.4. The maximum Gasteiger partial charge on any atom is 0.355 e. The Morgan fingerprint density at radius 2 is 1.78 bits per heavy atom. The van der Waals surface area contributed by atoms with Gasteiger partial charge in [0.05, 0.1) is 15.9 Å². The van der Waals surface area contributed by atoms with Crippen LogP contribution >= 0.6 is 11.6 Å². The SMILES string of the molecule is CCCC(=O)OOc1ccc(S(=O)(=O)c2ccc(C[C@@H](C)NC[C@H](O)c3cccc(Cl)c3)cc2)cc1F.